The van der Waals surface area contributed by atoms with E-state index in [1.807, 2.05) is 20.5 Å². The molecule has 0 radical (unpaired) electrons. The van der Waals surface area contributed by atoms with E-state index in [1.54, 1.807) is 0 Å². The van der Waals surface area contributed by atoms with Gasteiger partial charge in [-0.15, -0.1) is 0 Å². The number of hydrogen-bond acceptors (Lipinski definition) is 2. The minimum Gasteiger partial charge on any atom is -0.376 e. The number of imidazole rings is 1. The zero-order valence-corrected chi connectivity index (χ0v) is 11.8. The molecule has 3 rings (SSSR count). The molecule has 1 fully saturated rings. The van der Waals surface area contributed by atoms with Crippen molar-refractivity contribution in [3.63, 3.8) is 0 Å². The van der Waals surface area contributed by atoms with Crippen LogP contribution in [0.15, 0.2) is 24.5 Å². The lowest BCUT2D eigenvalue weighted by atomic mass is 9.82. The summed E-state index contributed by atoms with van der Waals surface area (Å²) in [5.74, 6) is 0.667. The van der Waals surface area contributed by atoms with Crippen molar-refractivity contribution in [1.82, 2.24) is 9.55 Å². The van der Waals surface area contributed by atoms with Crippen LogP contribution in [0.5, 0.6) is 0 Å². The summed E-state index contributed by atoms with van der Waals surface area (Å²) >= 11 is 0. The molecule has 3 heteroatoms. The third kappa shape index (κ3) is 2.39. The zero-order valence-electron chi connectivity index (χ0n) is 11.8. The highest BCUT2D eigenvalue weighted by Gasteiger charge is 2.25. The highest BCUT2D eigenvalue weighted by molar-refractivity contribution is 5.76. The van der Waals surface area contributed by atoms with E-state index in [4.69, 9.17) is 4.74 Å². The fourth-order valence-electron chi connectivity index (χ4n) is 3.37. The van der Waals surface area contributed by atoms with Gasteiger partial charge in [0.15, 0.2) is 0 Å². The molecule has 1 aromatic heterocycles. The Morgan fingerprint density at radius 3 is 2.79 bits per heavy atom. The minimum atomic E-state index is 0.228. The number of ether oxygens (including phenoxy) is 1. The van der Waals surface area contributed by atoms with Gasteiger partial charge in [0.25, 0.3) is 0 Å². The van der Waals surface area contributed by atoms with Gasteiger partial charge in [-0.3, -0.25) is 0 Å². The summed E-state index contributed by atoms with van der Waals surface area (Å²) in [5, 5.41) is 0. The van der Waals surface area contributed by atoms with Crippen LogP contribution in [-0.2, 0) is 11.8 Å². The van der Waals surface area contributed by atoms with Gasteiger partial charge in [-0.2, -0.15) is 0 Å². The van der Waals surface area contributed by atoms with E-state index < -0.39 is 0 Å². The molecule has 1 atom stereocenters. The molecule has 1 aliphatic carbocycles. The largest absolute Gasteiger partial charge is 0.376 e. The number of aryl methyl sites for hydroxylation is 1. The summed E-state index contributed by atoms with van der Waals surface area (Å²) in [5.41, 5.74) is 3.53. The molecular formula is C16H22N2O. The average molecular weight is 258 g/mol. The van der Waals surface area contributed by atoms with Gasteiger partial charge in [0.1, 0.15) is 0 Å². The predicted octanol–water partition coefficient (Wildman–Crippen LogP) is 3.84. The van der Waals surface area contributed by atoms with Crippen LogP contribution in [0.1, 0.15) is 43.8 Å². The van der Waals surface area contributed by atoms with Gasteiger partial charge in [-0.25, -0.2) is 4.98 Å². The van der Waals surface area contributed by atoms with Crippen molar-refractivity contribution in [3.8, 4) is 0 Å². The molecule has 0 N–H and O–H groups in total. The molecule has 0 spiro atoms. The Morgan fingerprint density at radius 2 is 2.05 bits per heavy atom. The smallest absolute Gasteiger partial charge is 0.0955 e. The third-order valence-electron chi connectivity index (χ3n) is 4.41. The molecule has 0 amide bonds. The number of fused-ring (bicyclic) bond motifs is 1. The quantitative estimate of drug-likeness (QED) is 0.836. The van der Waals surface area contributed by atoms with Gasteiger partial charge in [0, 0.05) is 14.2 Å². The average Bonchev–Trinajstić information content (AvgIpc) is 2.82. The van der Waals surface area contributed by atoms with Crippen LogP contribution < -0.4 is 0 Å². The highest BCUT2D eigenvalue weighted by atomic mass is 16.5. The van der Waals surface area contributed by atoms with Gasteiger partial charge in [0.05, 0.1) is 23.5 Å². The topological polar surface area (TPSA) is 27.1 Å². The van der Waals surface area contributed by atoms with Crippen molar-refractivity contribution in [2.75, 3.05) is 7.11 Å². The van der Waals surface area contributed by atoms with Crippen LogP contribution in [-0.4, -0.2) is 16.7 Å². The number of nitrogens with zero attached hydrogens (tertiary/aromatic N) is 2. The molecule has 1 heterocycles. The van der Waals surface area contributed by atoms with E-state index >= 15 is 0 Å². The number of rotatable bonds is 3. The fourth-order valence-corrected chi connectivity index (χ4v) is 3.37. The molecule has 1 unspecified atom stereocenters. The molecule has 3 nitrogen and oxygen atoms in total. The minimum absolute atomic E-state index is 0.228. The van der Waals surface area contributed by atoms with E-state index in [0.717, 1.165) is 5.52 Å². The second kappa shape index (κ2) is 5.33. The number of hydrogen-bond donors (Lipinski definition) is 0. The molecular weight excluding hydrogens is 236 g/mol. The van der Waals surface area contributed by atoms with Crippen molar-refractivity contribution in [3.05, 3.63) is 30.1 Å². The molecule has 19 heavy (non-hydrogen) atoms. The van der Waals surface area contributed by atoms with Crippen molar-refractivity contribution >= 4 is 11.0 Å². The summed E-state index contributed by atoms with van der Waals surface area (Å²) < 4.78 is 7.85. The number of methoxy groups -OCH3 is 1. The van der Waals surface area contributed by atoms with Crippen LogP contribution in [0.2, 0.25) is 0 Å². The second-order valence-electron chi connectivity index (χ2n) is 5.66. The van der Waals surface area contributed by atoms with Gasteiger partial charge in [0.2, 0.25) is 0 Å². The zero-order chi connectivity index (χ0) is 13.2. The highest BCUT2D eigenvalue weighted by Crippen LogP contribution is 2.37. The Hall–Kier alpha value is -1.35. The third-order valence-corrected chi connectivity index (χ3v) is 4.41. The predicted molar refractivity (Wildman–Crippen MR) is 77.0 cm³/mol. The lowest BCUT2D eigenvalue weighted by Gasteiger charge is -2.29. The molecule has 2 aromatic rings. The molecule has 102 valence electrons. The van der Waals surface area contributed by atoms with Crippen molar-refractivity contribution < 1.29 is 4.74 Å². The maximum atomic E-state index is 5.80. The Labute approximate surface area is 114 Å². The Morgan fingerprint density at radius 1 is 1.26 bits per heavy atom. The van der Waals surface area contributed by atoms with E-state index in [9.17, 15) is 0 Å². The van der Waals surface area contributed by atoms with Crippen LogP contribution in [0, 0.1) is 5.92 Å². The van der Waals surface area contributed by atoms with E-state index in [1.165, 1.54) is 43.2 Å². The maximum Gasteiger partial charge on any atom is 0.0955 e. The van der Waals surface area contributed by atoms with Crippen LogP contribution in [0.3, 0.4) is 0 Å². The first-order valence-electron chi connectivity index (χ1n) is 7.23. The van der Waals surface area contributed by atoms with Crippen LogP contribution in [0.4, 0.5) is 0 Å². The van der Waals surface area contributed by atoms with E-state index in [2.05, 4.69) is 27.8 Å². The fraction of sp³-hybridized carbons (Fsp3) is 0.562. The Kier molecular flexibility index (Phi) is 3.56. The molecule has 1 aliphatic rings. The van der Waals surface area contributed by atoms with Crippen LogP contribution in [0.25, 0.3) is 11.0 Å². The standard InChI is InChI=1S/C16H22N2O/c1-18-11-17-14-10-13(8-9-15(14)18)16(19-2)12-6-4-3-5-7-12/h8-12,16H,3-7H2,1-2H3. The lowest BCUT2D eigenvalue weighted by molar-refractivity contribution is 0.0355. The second-order valence-corrected chi connectivity index (χ2v) is 5.66. The molecule has 0 aliphatic heterocycles. The molecule has 1 saturated carbocycles. The number of benzene rings is 1. The van der Waals surface area contributed by atoms with Gasteiger partial charge in [-0.05, 0) is 36.5 Å². The SMILES string of the molecule is COC(c1ccc2c(c1)ncn2C)C1CCCCC1. The summed E-state index contributed by atoms with van der Waals surface area (Å²) in [6, 6.07) is 6.55. The van der Waals surface area contributed by atoms with Crippen molar-refractivity contribution in [1.29, 1.82) is 0 Å². The van der Waals surface area contributed by atoms with E-state index in [-0.39, 0.29) is 6.10 Å². The first-order valence-corrected chi connectivity index (χ1v) is 7.23. The summed E-state index contributed by atoms with van der Waals surface area (Å²) in [6.07, 6.45) is 8.75. The molecule has 0 bridgehead atoms. The van der Waals surface area contributed by atoms with E-state index in [0.29, 0.717) is 5.92 Å². The summed E-state index contributed by atoms with van der Waals surface area (Å²) in [6.45, 7) is 0. The summed E-state index contributed by atoms with van der Waals surface area (Å²) in [4.78, 5) is 4.45. The van der Waals surface area contributed by atoms with Crippen molar-refractivity contribution in [2.24, 2.45) is 13.0 Å². The van der Waals surface area contributed by atoms with Gasteiger partial charge < -0.3 is 9.30 Å². The molecule has 1 aromatic carbocycles. The van der Waals surface area contributed by atoms with Gasteiger partial charge >= 0.3 is 0 Å². The first-order chi connectivity index (χ1) is 9.29. The maximum absolute atomic E-state index is 5.80. The normalized spacial score (nSPS) is 18.8. The summed E-state index contributed by atoms with van der Waals surface area (Å²) in [7, 11) is 3.87. The van der Waals surface area contributed by atoms with Crippen LogP contribution >= 0.6 is 0 Å². The first kappa shape index (κ1) is 12.7. The Balaban J connectivity index is 1.91. The monoisotopic (exact) mass is 258 g/mol. The van der Waals surface area contributed by atoms with Crippen molar-refractivity contribution in [2.45, 2.75) is 38.2 Å². The molecule has 0 saturated heterocycles. The van der Waals surface area contributed by atoms with Gasteiger partial charge in [-0.1, -0.05) is 25.3 Å². The lowest BCUT2D eigenvalue weighted by Crippen LogP contribution is -2.17. The number of aromatic nitrogens is 2. The Bertz CT molecular complexity index is 555.